The highest BCUT2D eigenvalue weighted by atomic mass is 16.6. The number of amides is 2. The number of carbonyl (C=O) groups excluding carboxylic acids is 3. The van der Waals surface area contributed by atoms with Crippen LogP contribution >= 0.6 is 0 Å². The van der Waals surface area contributed by atoms with Gasteiger partial charge in [-0.15, -0.1) is 0 Å². The van der Waals surface area contributed by atoms with Gasteiger partial charge in [0.2, 0.25) is 5.91 Å². The van der Waals surface area contributed by atoms with Crippen molar-refractivity contribution in [1.82, 2.24) is 10.2 Å². The van der Waals surface area contributed by atoms with Gasteiger partial charge in [0.25, 0.3) is 0 Å². The molecule has 8 heteroatoms. The first-order valence-electron chi connectivity index (χ1n) is 12.1. The molecule has 1 unspecified atom stereocenters. The number of alkyl carbamates (subject to hydrolysis) is 1. The lowest BCUT2D eigenvalue weighted by Gasteiger charge is -2.38. The summed E-state index contributed by atoms with van der Waals surface area (Å²) in [4.78, 5) is 41.3. The van der Waals surface area contributed by atoms with Crippen molar-refractivity contribution < 1.29 is 29.0 Å². The Hall–Kier alpha value is -3.55. The zero-order chi connectivity index (χ0) is 26.7. The fourth-order valence-electron chi connectivity index (χ4n) is 4.05. The second-order valence-corrected chi connectivity index (χ2v) is 11.1. The Morgan fingerprint density at radius 1 is 0.944 bits per heavy atom. The quantitative estimate of drug-likeness (QED) is 0.604. The number of nitrogens with zero attached hydrogens (tertiary/aromatic N) is 1. The number of carbonyl (C=O) groups is 3. The molecule has 194 valence electrons. The van der Waals surface area contributed by atoms with E-state index in [1.54, 1.807) is 53.7 Å². The fraction of sp³-hybridized carbons (Fsp3) is 0.464. The number of hydrogen-bond donors (Lipinski definition) is 2. The lowest BCUT2D eigenvalue weighted by atomic mass is 9.92. The molecule has 3 rings (SSSR count). The predicted molar refractivity (Wildman–Crippen MR) is 135 cm³/mol. The second kappa shape index (κ2) is 10.6. The average molecular weight is 497 g/mol. The number of hydrogen-bond acceptors (Lipinski definition) is 6. The zero-order valence-electron chi connectivity index (χ0n) is 21.8. The molecule has 0 aliphatic carbocycles. The fourth-order valence-corrected chi connectivity index (χ4v) is 4.05. The van der Waals surface area contributed by atoms with E-state index in [1.807, 2.05) is 24.3 Å². The molecule has 2 aromatic carbocycles. The number of phenols is 1. The standard InChI is InChI=1S/C28H36N2O6/c1-27(2,3)35-25(33)23-16-19-9-7-8-10-20(19)17-30(23)24(32)22(29-26(34)36-28(4,5)6)15-18-11-13-21(31)14-12-18/h7-14,22-23,31H,15-17H2,1-6H3,(H,29,34)/t22-,23?/m0/s1. The van der Waals surface area contributed by atoms with Crippen LogP contribution in [0.3, 0.4) is 0 Å². The highest BCUT2D eigenvalue weighted by Gasteiger charge is 2.40. The second-order valence-electron chi connectivity index (χ2n) is 11.1. The maximum Gasteiger partial charge on any atom is 0.408 e. The molecule has 2 atom stereocenters. The van der Waals surface area contributed by atoms with Crippen molar-refractivity contribution in [3.8, 4) is 5.75 Å². The van der Waals surface area contributed by atoms with Crippen LogP contribution in [0.2, 0.25) is 0 Å². The first-order chi connectivity index (χ1) is 16.7. The van der Waals surface area contributed by atoms with Crippen LogP contribution in [0.25, 0.3) is 0 Å². The molecule has 0 fully saturated rings. The van der Waals surface area contributed by atoms with Crippen molar-refractivity contribution in [1.29, 1.82) is 0 Å². The maximum absolute atomic E-state index is 14.0. The molecule has 1 heterocycles. The van der Waals surface area contributed by atoms with Gasteiger partial charge in [-0.1, -0.05) is 36.4 Å². The van der Waals surface area contributed by atoms with Crippen LogP contribution in [0, 0.1) is 0 Å². The summed E-state index contributed by atoms with van der Waals surface area (Å²) in [5, 5.41) is 12.3. The number of esters is 1. The van der Waals surface area contributed by atoms with Crippen LogP contribution in [0.4, 0.5) is 4.79 Å². The minimum absolute atomic E-state index is 0.0966. The van der Waals surface area contributed by atoms with Crippen LogP contribution in [0.5, 0.6) is 5.75 Å². The van der Waals surface area contributed by atoms with E-state index in [4.69, 9.17) is 9.47 Å². The molecule has 0 saturated carbocycles. The molecular weight excluding hydrogens is 460 g/mol. The minimum Gasteiger partial charge on any atom is -0.508 e. The molecule has 2 amide bonds. The molecule has 8 nitrogen and oxygen atoms in total. The van der Waals surface area contributed by atoms with Crippen LogP contribution in [0.15, 0.2) is 48.5 Å². The maximum atomic E-state index is 14.0. The van der Waals surface area contributed by atoms with Crippen LogP contribution < -0.4 is 5.32 Å². The normalized spacial score (nSPS) is 16.5. The van der Waals surface area contributed by atoms with E-state index in [2.05, 4.69) is 5.32 Å². The SMILES string of the molecule is CC(C)(C)OC(=O)N[C@@H](Cc1ccc(O)cc1)C(=O)N1Cc2ccccc2CC1C(=O)OC(C)(C)C. The summed E-state index contributed by atoms with van der Waals surface area (Å²) in [6.45, 7) is 10.8. The zero-order valence-corrected chi connectivity index (χ0v) is 21.8. The molecule has 0 saturated heterocycles. The number of aromatic hydroxyl groups is 1. The van der Waals surface area contributed by atoms with Gasteiger partial charge in [-0.3, -0.25) is 4.79 Å². The van der Waals surface area contributed by atoms with Gasteiger partial charge in [-0.2, -0.15) is 0 Å². The Morgan fingerprint density at radius 3 is 2.11 bits per heavy atom. The Labute approximate surface area is 212 Å². The molecule has 1 aliphatic rings. The first kappa shape index (κ1) is 27.0. The number of rotatable bonds is 5. The number of phenolic OH excluding ortho intramolecular Hbond substituents is 1. The Bertz CT molecular complexity index is 1100. The van der Waals surface area contributed by atoms with Crippen molar-refractivity contribution in [3.63, 3.8) is 0 Å². The molecule has 0 aromatic heterocycles. The Morgan fingerprint density at radius 2 is 1.53 bits per heavy atom. The highest BCUT2D eigenvalue weighted by molar-refractivity contribution is 5.90. The lowest BCUT2D eigenvalue weighted by molar-refractivity contribution is -0.166. The third-order valence-electron chi connectivity index (χ3n) is 5.58. The molecule has 0 bridgehead atoms. The highest BCUT2D eigenvalue weighted by Crippen LogP contribution is 2.27. The van der Waals surface area contributed by atoms with Crippen molar-refractivity contribution in [2.45, 2.75) is 84.2 Å². The summed E-state index contributed by atoms with van der Waals surface area (Å²) < 4.78 is 11.1. The number of nitrogens with one attached hydrogen (secondary N) is 1. The van der Waals surface area contributed by atoms with Crippen LogP contribution in [0.1, 0.15) is 58.2 Å². The van der Waals surface area contributed by atoms with Crippen molar-refractivity contribution in [2.75, 3.05) is 0 Å². The lowest BCUT2D eigenvalue weighted by Crippen LogP contribution is -2.57. The molecule has 2 N–H and O–H groups in total. The number of fused-ring (bicyclic) bond motifs is 1. The third-order valence-corrected chi connectivity index (χ3v) is 5.58. The van der Waals surface area contributed by atoms with Gasteiger partial charge in [0.1, 0.15) is 29.0 Å². The molecular formula is C28H36N2O6. The smallest absolute Gasteiger partial charge is 0.408 e. The van der Waals surface area contributed by atoms with Crippen molar-refractivity contribution in [2.24, 2.45) is 0 Å². The van der Waals surface area contributed by atoms with E-state index < -0.39 is 41.3 Å². The summed E-state index contributed by atoms with van der Waals surface area (Å²) in [6.07, 6.45) is -0.266. The van der Waals surface area contributed by atoms with Gasteiger partial charge in [0, 0.05) is 19.4 Å². The molecule has 0 spiro atoms. The van der Waals surface area contributed by atoms with Crippen molar-refractivity contribution in [3.05, 3.63) is 65.2 Å². The summed E-state index contributed by atoms with van der Waals surface area (Å²) >= 11 is 0. The van der Waals surface area contributed by atoms with Gasteiger partial charge in [-0.25, -0.2) is 9.59 Å². The third kappa shape index (κ3) is 7.47. The number of benzene rings is 2. The summed E-state index contributed by atoms with van der Waals surface area (Å²) in [5.41, 5.74) is 1.18. The monoisotopic (exact) mass is 496 g/mol. The summed E-state index contributed by atoms with van der Waals surface area (Å²) in [7, 11) is 0. The van der Waals surface area contributed by atoms with E-state index in [1.165, 1.54) is 17.0 Å². The van der Waals surface area contributed by atoms with Crippen molar-refractivity contribution >= 4 is 18.0 Å². The van der Waals surface area contributed by atoms with Gasteiger partial charge in [0.05, 0.1) is 0 Å². The van der Waals surface area contributed by atoms with E-state index in [9.17, 15) is 19.5 Å². The van der Waals surface area contributed by atoms with Gasteiger partial charge >= 0.3 is 12.1 Å². The average Bonchev–Trinajstić information content (AvgIpc) is 2.76. The van der Waals surface area contributed by atoms with E-state index in [0.29, 0.717) is 6.42 Å². The van der Waals surface area contributed by atoms with E-state index >= 15 is 0 Å². The Balaban J connectivity index is 1.94. The molecule has 2 aromatic rings. The van der Waals surface area contributed by atoms with Gasteiger partial charge < -0.3 is 24.8 Å². The van der Waals surface area contributed by atoms with Gasteiger partial charge in [-0.05, 0) is 70.4 Å². The summed E-state index contributed by atoms with van der Waals surface area (Å²) in [6, 6.07) is 12.2. The molecule has 1 aliphatic heterocycles. The molecule has 36 heavy (non-hydrogen) atoms. The topological polar surface area (TPSA) is 105 Å². The van der Waals surface area contributed by atoms with Gasteiger partial charge in [0.15, 0.2) is 0 Å². The largest absolute Gasteiger partial charge is 0.508 e. The number of ether oxygens (including phenoxy) is 2. The minimum atomic E-state index is -1.00. The molecule has 0 radical (unpaired) electrons. The van der Waals surface area contributed by atoms with Crippen LogP contribution in [-0.4, -0.2) is 51.3 Å². The van der Waals surface area contributed by atoms with Crippen LogP contribution in [-0.2, 0) is 38.4 Å². The summed E-state index contributed by atoms with van der Waals surface area (Å²) in [5.74, 6) is -0.815. The van der Waals surface area contributed by atoms with E-state index in [-0.39, 0.29) is 18.7 Å². The van der Waals surface area contributed by atoms with E-state index in [0.717, 1.165) is 16.7 Å². The first-order valence-corrected chi connectivity index (χ1v) is 12.1. The predicted octanol–water partition coefficient (Wildman–Crippen LogP) is 4.12. The Kier molecular flexibility index (Phi) is 7.96.